The molecular formula is C27H26N4OS. The molecule has 6 heteroatoms. The quantitative estimate of drug-likeness (QED) is 0.239. The molecule has 0 atom stereocenters. The lowest BCUT2D eigenvalue weighted by Crippen LogP contribution is -2.05. The smallest absolute Gasteiger partial charge is 0.221 e. The second-order valence-corrected chi connectivity index (χ2v) is 8.89. The van der Waals surface area contributed by atoms with Gasteiger partial charge in [0.05, 0.1) is 5.69 Å². The number of anilines is 3. The largest absolute Gasteiger partial charge is 0.340 e. The van der Waals surface area contributed by atoms with Gasteiger partial charge in [-0.3, -0.25) is 4.79 Å². The summed E-state index contributed by atoms with van der Waals surface area (Å²) in [5.74, 6) is 1.42. The van der Waals surface area contributed by atoms with Gasteiger partial charge in [-0.1, -0.05) is 71.4 Å². The molecule has 0 fully saturated rings. The normalized spacial score (nSPS) is 10.6. The highest BCUT2D eigenvalue weighted by molar-refractivity contribution is 7.98. The first kappa shape index (κ1) is 22.6. The van der Waals surface area contributed by atoms with Crippen LogP contribution in [-0.2, 0) is 10.5 Å². The van der Waals surface area contributed by atoms with Crippen LogP contribution in [0, 0.1) is 13.8 Å². The summed E-state index contributed by atoms with van der Waals surface area (Å²) < 4.78 is 0. The second-order valence-electron chi connectivity index (χ2n) is 7.94. The number of thioether (sulfide) groups is 1. The zero-order valence-electron chi connectivity index (χ0n) is 18.9. The van der Waals surface area contributed by atoms with E-state index in [2.05, 4.69) is 73.0 Å². The topological polar surface area (TPSA) is 66.9 Å². The van der Waals surface area contributed by atoms with Crippen molar-refractivity contribution >= 4 is 34.9 Å². The van der Waals surface area contributed by atoms with Crippen LogP contribution < -0.4 is 10.6 Å². The molecule has 0 unspecified atom stereocenters. The third kappa shape index (κ3) is 6.43. The van der Waals surface area contributed by atoms with Crippen LogP contribution in [0.4, 0.5) is 17.2 Å². The summed E-state index contributed by atoms with van der Waals surface area (Å²) in [6.07, 6.45) is 0. The summed E-state index contributed by atoms with van der Waals surface area (Å²) in [6.45, 7) is 5.66. The van der Waals surface area contributed by atoms with Crippen molar-refractivity contribution in [1.29, 1.82) is 0 Å². The molecule has 0 aliphatic rings. The lowest BCUT2D eigenvalue weighted by Gasteiger charge is -2.11. The molecule has 4 rings (SSSR count). The van der Waals surface area contributed by atoms with E-state index >= 15 is 0 Å². The number of aryl methyl sites for hydroxylation is 2. The summed E-state index contributed by atoms with van der Waals surface area (Å²) in [7, 11) is 0. The van der Waals surface area contributed by atoms with Crippen LogP contribution in [0.5, 0.6) is 0 Å². The minimum atomic E-state index is -0.0931. The predicted octanol–water partition coefficient (Wildman–Crippen LogP) is 6.75. The summed E-state index contributed by atoms with van der Waals surface area (Å²) in [6, 6.07) is 26.4. The Morgan fingerprint density at radius 1 is 0.818 bits per heavy atom. The van der Waals surface area contributed by atoms with Gasteiger partial charge < -0.3 is 10.6 Å². The number of aromatic nitrogens is 2. The molecule has 1 aromatic heterocycles. The fourth-order valence-electron chi connectivity index (χ4n) is 3.25. The molecule has 0 saturated heterocycles. The molecular weight excluding hydrogens is 428 g/mol. The molecule has 0 radical (unpaired) electrons. The monoisotopic (exact) mass is 454 g/mol. The molecule has 2 N–H and O–H groups in total. The first-order valence-corrected chi connectivity index (χ1v) is 11.7. The molecule has 3 aromatic carbocycles. The lowest BCUT2D eigenvalue weighted by atomic mass is 10.1. The van der Waals surface area contributed by atoms with Gasteiger partial charge in [-0.2, -0.15) is 0 Å². The maximum absolute atomic E-state index is 11.3. The molecule has 4 aromatic rings. The van der Waals surface area contributed by atoms with Crippen LogP contribution in [0.1, 0.15) is 23.6 Å². The third-order valence-electron chi connectivity index (χ3n) is 5.02. The van der Waals surface area contributed by atoms with Crippen molar-refractivity contribution in [3.05, 3.63) is 95.6 Å². The molecule has 0 bridgehead atoms. The van der Waals surface area contributed by atoms with Gasteiger partial charge in [0, 0.05) is 35.7 Å². The minimum Gasteiger partial charge on any atom is -0.340 e. The van der Waals surface area contributed by atoms with E-state index in [1.807, 2.05) is 30.3 Å². The van der Waals surface area contributed by atoms with E-state index in [-0.39, 0.29) is 5.91 Å². The first-order valence-electron chi connectivity index (χ1n) is 10.7. The Labute approximate surface area is 198 Å². The number of benzene rings is 3. The van der Waals surface area contributed by atoms with Gasteiger partial charge in [0.1, 0.15) is 5.82 Å². The van der Waals surface area contributed by atoms with E-state index in [4.69, 9.17) is 9.97 Å². The number of nitrogens with zero attached hydrogens (tertiary/aromatic N) is 2. The molecule has 0 aliphatic carbocycles. The van der Waals surface area contributed by atoms with E-state index in [9.17, 15) is 4.79 Å². The van der Waals surface area contributed by atoms with Crippen molar-refractivity contribution in [2.45, 2.75) is 31.7 Å². The molecule has 1 amide bonds. The number of rotatable bonds is 7. The predicted molar refractivity (Wildman–Crippen MR) is 137 cm³/mol. The summed E-state index contributed by atoms with van der Waals surface area (Å²) >= 11 is 1.62. The van der Waals surface area contributed by atoms with Gasteiger partial charge in [0.25, 0.3) is 0 Å². The number of hydrogen-bond donors (Lipinski definition) is 2. The Kier molecular flexibility index (Phi) is 7.05. The highest BCUT2D eigenvalue weighted by Gasteiger charge is 2.09. The standard InChI is InChI=1S/C27H26N4OS/c1-18-4-8-21(9-5-18)17-33-27-30-25(22-10-6-19(2)7-11-22)16-26(31-27)29-24-14-12-23(13-15-24)28-20(3)32/h4-16H,17H2,1-3H3,(H,28,32)(H,29,30,31). The van der Waals surface area contributed by atoms with E-state index in [1.165, 1.54) is 23.6 Å². The Balaban J connectivity index is 1.59. The Bertz CT molecular complexity index is 1240. The molecule has 0 spiro atoms. The highest BCUT2D eigenvalue weighted by Crippen LogP contribution is 2.28. The molecule has 5 nitrogen and oxygen atoms in total. The van der Waals surface area contributed by atoms with Gasteiger partial charge in [-0.05, 0) is 43.7 Å². The lowest BCUT2D eigenvalue weighted by molar-refractivity contribution is -0.114. The van der Waals surface area contributed by atoms with Gasteiger partial charge in [-0.25, -0.2) is 9.97 Å². The van der Waals surface area contributed by atoms with E-state index in [0.717, 1.165) is 34.2 Å². The molecule has 33 heavy (non-hydrogen) atoms. The summed E-state index contributed by atoms with van der Waals surface area (Å²) in [5.41, 5.74) is 7.24. The molecule has 1 heterocycles. The zero-order valence-corrected chi connectivity index (χ0v) is 19.7. The number of carbonyl (C=O) groups excluding carboxylic acids is 1. The molecule has 0 saturated carbocycles. The van der Waals surface area contributed by atoms with Crippen molar-refractivity contribution in [3.63, 3.8) is 0 Å². The number of hydrogen-bond acceptors (Lipinski definition) is 5. The number of amides is 1. The van der Waals surface area contributed by atoms with E-state index < -0.39 is 0 Å². The average Bonchev–Trinajstić information content (AvgIpc) is 2.80. The van der Waals surface area contributed by atoms with Crippen molar-refractivity contribution in [2.24, 2.45) is 0 Å². The van der Waals surface area contributed by atoms with Crippen LogP contribution in [0.15, 0.2) is 84.0 Å². The van der Waals surface area contributed by atoms with Crippen LogP contribution >= 0.6 is 11.8 Å². The van der Waals surface area contributed by atoms with Gasteiger partial charge >= 0.3 is 0 Å². The Hall–Kier alpha value is -3.64. The fourth-order valence-corrected chi connectivity index (χ4v) is 4.06. The third-order valence-corrected chi connectivity index (χ3v) is 5.94. The van der Waals surface area contributed by atoms with Crippen molar-refractivity contribution in [2.75, 3.05) is 10.6 Å². The Morgan fingerprint density at radius 2 is 1.42 bits per heavy atom. The highest BCUT2D eigenvalue weighted by atomic mass is 32.2. The van der Waals surface area contributed by atoms with Crippen molar-refractivity contribution < 1.29 is 4.79 Å². The summed E-state index contributed by atoms with van der Waals surface area (Å²) in [5, 5.41) is 6.87. The van der Waals surface area contributed by atoms with Gasteiger partial charge in [-0.15, -0.1) is 0 Å². The van der Waals surface area contributed by atoms with Crippen molar-refractivity contribution in [1.82, 2.24) is 9.97 Å². The average molecular weight is 455 g/mol. The van der Waals surface area contributed by atoms with E-state index in [0.29, 0.717) is 5.16 Å². The van der Waals surface area contributed by atoms with Gasteiger partial charge in [0.2, 0.25) is 5.91 Å². The summed E-state index contributed by atoms with van der Waals surface area (Å²) in [4.78, 5) is 20.8. The maximum atomic E-state index is 11.3. The van der Waals surface area contributed by atoms with Crippen molar-refractivity contribution in [3.8, 4) is 11.3 Å². The number of carbonyl (C=O) groups is 1. The minimum absolute atomic E-state index is 0.0931. The first-order chi connectivity index (χ1) is 15.9. The second kappa shape index (κ2) is 10.3. The van der Waals surface area contributed by atoms with Crippen LogP contribution in [0.2, 0.25) is 0 Å². The molecule has 166 valence electrons. The van der Waals surface area contributed by atoms with Gasteiger partial charge in [0.15, 0.2) is 5.16 Å². The fraction of sp³-hybridized carbons (Fsp3) is 0.148. The zero-order chi connectivity index (χ0) is 23.2. The Morgan fingerprint density at radius 3 is 2.06 bits per heavy atom. The SMILES string of the molecule is CC(=O)Nc1ccc(Nc2cc(-c3ccc(C)cc3)nc(SCc3ccc(C)cc3)n2)cc1. The maximum Gasteiger partial charge on any atom is 0.221 e. The molecule has 0 aliphatic heterocycles. The van der Waals surface area contributed by atoms with Crippen LogP contribution in [0.25, 0.3) is 11.3 Å². The number of nitrogens with one attached hydrogen (secondary N) is 2. The van der Waals surface area contributed by atoms with E-state index in [1.54, 1.807) is 11.8 Å². The van der Waals surface area contributed by atoms with Crippen LogP contribution in [-0.4, -0.2) is 15.9 Å². The van der Waals surface area contributed by atoms with Crippen LogP contribution in [0.3, 0.4) is 0 Å².